The Hall–Kier alpha value is -2.08. The van der Waals surface area contributed by atoms with Gasteiger partial charge in [-0.3, -0.25) is 0 Å². The van der Waals surface area contributed by atoms with Crippen molar-refractivity contribution in [1.29, 1.82) is 0 Å². The lowest BCUT2D eigenvalue weighted by Crippen LogP contribution is -2.30. The number of urea groups is 1. The van der Waals surface area contributed by atoms with Crippen molar-refractivity contribution in [2.45, 2.75) is 51.6 Å². The number of hydrogen-bond acceptors (Lipinski definition) is 4. The van der Waals surface area contributed by atoms with Crippen molar-refractivity contribution >= 4 is 17.7 Å². The molecule has 2 amide bonds. The number of nitrogens with one attached hydrogen (secondary N) is 2. The minimum absolute atomic E-state index is 0.262. The van der Waals surface area contributed by atoms with Crippen LogP contribution in [-0.4, -0.2) is 37.9 Å². The third kappa shape index (κ3) is 7.13. The Labute approximate surface area is 149 Å². The first-order valence-electron chi connectivity index (χ1n) is 9.12. The zero-order valence-corrected chi connectivity index (χ0v) is 14.9. The first-order valence-corrected chi connectivity index (χ1v) is 9.12. The van der Waals surface area contributed by atoms with E-state index in [2.05, 4.69) is 10.6 Å². The van der Waals surface area contributed by atoms with Gasteiger partial charge in [0.25, 0.3) is 0 Å². The Balaban J connectivity index is 1.60. The Morgan fingerprint density at radius 1 is 1.12 bits per heavy atom. The van der Waals surface area contributed by atoms with Crippen LogP contribution in [0.1, 0.15) is 55.8 Å². The predicted octanol–water partition coefficient (Wildman–Crippen LogP) is 3.72. The van der Waals surface area contributed by atoms with Gasteiger partial charge in [0.1, 0.15) is 0 Å². The second-order valence-electron chi connectivity index (χ2n) is 6.16. The molecule has 138 valence electrons. The third-order valence-electron chi connectivity index (χ3n) is 4.17. The highest BCUT2D eigenvalue weighted by atomic mass is 16.5. The van der Waals surface area contributed by atoms with Crippen LogP contribution in [0, 0.1) is 0 Å². The highest BCUT2D eigenvalue weighted by Gasteiger charge is 2.13. The fraction of sp³-hybridized carbons (Fsp3) is 0.579. The number of hydrogen-bond donors (Lipinski definition) is 2. The van der Waals surface area contributed by atoms with Gasteiger partial charge in [-0.15, -0.1) is 0 Å². The zero-order valence-electron chi connectivity index (χ0n) is 14.9. The van der Waals surface area contributed by atoms with E-state index >= 15 is 0 Å². The topological polar surface area (TPSA) is 76.7 Å². The molecule has 0 aromatic heterocycles. The molecular formula is C19H28N2O4. The zero-order chi connectivity index (χ0) is 17.9. The van der Waals surface area contributed by atoms with Crippen LogP contribution in [0.25, 0.3) is 0 Å². The third-order valence-corrected chi connectivity index (χ3v) is 4.17. The molecule has 0 heterocycles. The molecule has 1 aliphatic carbocycles. The van der Waals surface area contributed by atoms with Crippen molar-refractivity contribution in [1.82, 2.24) is 5.32 Å². The molecule has 0 bridgehead atoms. The lowest BCUT2D eigenvalue weighted by molar-refractivity contribution is 0.0276. The van der Waals surface area contributed by atoms with Gasteiger partial charge >= 0.3 is 12.0 Å². The van der Waals surface area contributed by atoms with Crippen molar-refractivity contribution < 1.29 is 19.1 Å². The summed E-state index contributed by atoms with van der Waals surface area (Å²) in [4.78, 5) is 23.4. The van der Waals surface area contributed by atoms with Crippen LogP contribution in [0.2, 0.25) is 0 Å². The van der Waals surface area contributed by atoms with E-state index in [4.69, 9.17) is 9.47 Å². The molecule has 6 heteroatoms. The van der Waals surface area contributed by atoms with Gasteiger partial charge in [0.15, 0.2) is 0 Å². The van der Waals surface area contributed by atoms with Crippen molar-refractivity contribution in [3.63, 3.8) is 0 Å². The van der Waals surface area contributed by atoms with Crippen LogP contribution in [-0.2, 0) is 9.47 Å². The number of rotatable bonds is 8. The quantitative estimate of drug-likeness (QED) is 0.554. The molecule has 0 spiro atoms. The Bertz CT molecular complexity index is 539. The average molecular weight is 348 g/mol. The van der Waals surface area contributed by atoms with Crippen molar-refractivity contribution in [2.75, 3.05) is 25.1 Å². The lowest BCUT2D eigenvalue weighted by atomic mass is 9.98. The number of ether oxygens (including phenoxy) is 2. The normalized spacial score (nSPS) is 14.8. The fourth-order valence-corrected chi connectivity index (χ4v) is 2.84. The summed E-state index contributed by atoms with van der Waals surface area (Å²) >= 11 is 0. The molecule has 0 atom stereocenters. The molecule has 25 heavy (non-hydrogen) atoms. The van der Waals surface area contributed by atoms with Crippen molar-refractivity contribution in [3.05, 3.63) is 29.8 Å². The van der Waals surface area contributed by atoms with Crippen molar-refractivity contribution in [3.8, 4) is 0 Å². The summed E-state index contributed by atoms with van der Waals surface area (Å²) in [5.41, 5.74) is 1.09. The minimum atomic E-state index is -0.364. The molecule has 0 radical (unpaired) electrons. The van der Waals surface area contributed by atoms with Gasteiger partial charge in [-0.1, -0.05) is 19.3 Å². The Morgan fingerprint density at radius 3 is 2.52 bits per heavy atom. The van der Waals surface area contributed by atoms with Crippen LogP contribution in [0.5, 0.6) is 0 Å². The highest BCUT2D eigenvalue weighted by molar-refractivity contribution is 5.92. The smallest absolute Gasteiger partial charge is 0.338 e. The first-order chi connectivity index (χ1) is 12.2. The van der Waals surface area contributed by atoms with Crippen LogP contribution in [0.4, 0.5) is 10.5 Å². The van der Waals surface area contributed by atoms with Gasteiger partial charge < -0.3 is 20.1 Å². The molecule has 0 aliphatic heterocycles. The summed E-state index contributed by atoms with van der Waals surface area (Å²) in [7, 11) is 0. The van der Waals surface area contributed by atoms with E-state index in [1.807, 2.05) is 0 Å². The number of anilines is 1. The summed E-state index contributed by atoms with van der Waals surface area (Å²) in [6, 6.07) is 6.36. The van der Waals surface area contributed by atoms with E-state index in [9.17, 15) is 9.59 Å². The molecule has 1 fully saturated rings. The van der Waals surface area contributed by atoms with Crippen LogP contribution in [0.15, 0.2) is 24.3 Å². The molecule has 0 unspecified atom stereocenters. The summed E-state index contributed by atoms with van der Waals surface area (Å²) in [5, 5.41) is 5.54. The maximum Gasteiger partial charge on any atom is 0.338 e. The van der Waals surface area contributed by atoms with Crippen LogP contribution >= 0.6 is 0 Å². The molecule has 2 N–H and O–H groups in total. The van der Waals surface area contributed by atoms with Gasteiger partial charge in [-0.25, -0.2) is 9.59 Å². The van der Waals surface area contributed by atoms with Gasteiger partial charge in [0, 0.05) is 18.8 Å². The van der Waals surface area contributed by atoms with E-state index in [0.717, 1.165) is 19.3 Å². The van der Waals surface area contributed by atoms with E-state index in [1.54, 1.807) is 31.2 Å². The number of benzene rings is 1. The number of amides is 2. The van der Waals surface area contributed by atoms with E-state index in [1.165, 1.54) is 19.3 Å². The largest absolute Gasteiger partial charge is 0.462 e. The Morgan fingerprint density at radius 2 is 1.84 bits per heavy atom. The number of carbonyl (C=O) groups is 2. The summed E-state index contributed by atoms with van der Waals surface area (Å²) in [5.74, 6) is -0.364. The standard InChI is InChI=1S/C19H28N2O4/c1-2-24-18(22)15-9-11-16(12-10-15)21-19(23)20-13-6-14-25-17-7-4-3-5-8-17/h9-12,17H,2-8,13-14H2,1H3,(H2,20,21,23). The molecule has 2 rings (SSSR count). The minimum Gasteiger partial charge on any atom is -0.462 e. The molecule has 6 nitrogen and oxygen atoms in total. The highest BCUT2D eigenvalue weighted by Crippen LogP contribution is 2.20. The number of esters is 1. The maximum absolute atomic E-state index is 11.8. The van der Waals surface area contributed by atoms with Gasteiger partial charge in [0.05, 0.1) is 18.3 Å². The van der Waals surface area contributed by atoms with Gasteiger partial charge in [-0.05, 0) is 50.5 Å². The predicted molar refractivity (Wildman–Crippen MR) is 96.9 cm³/mol. The molecule has 1 saturated carbocycles. The van der Waals surface area contributed by atoms with E-state index < -0.39 is 0 Å². The summed E-state index contributed by atoms with van der Waals surface area (Å²) in [6.07, 6.45) is 7.38. The van der Waals surface area contributed by atoms with Crippen LogP contribution in [0.3, 0.4) is 0 Å². The second-order valence-corrected chi connectivity index (χ2v) is 6.16. The molecule has 1 aromatic rings. The van der Waals surface area contributed by atoms with Crippen LogP contribution < -0.4 is 10.6 Å². The SMILES string of the molecule is CCOC(=O)c1ccc(NC(=O)NCCCOC2CCCCC2)cc1. The summed E-state index contributed by atoms with van der Waals surface area (Å²) < 4.78 is 10.7. The Kier molecular flexibility index (Phi) is 8.25. The summed E-state index contributed by atoms with van der Waals surface area (Å²) in [6.45, 7) is 3.35. The molecule has 1 aliphatic rings. The number of carbonyl (C=O) groups excluding carboxylic acids is 2. The molecule has 1 aromatic carbocycles. The average Bonchev–Trinajstić information content (AvgIpc) is 2.63. The van der Waals surface area contributed by atoms with Gasteiger partial charge in [0.2, 0.25) is 0 Å². The van der Waals surface area contributed by atoms with Crippen molar-refractivity contribution in [2.24, 2.45) is 0 Å². The fourth-order valence-electron chi connectivity index (χ4n) is 2.84. The second kappa shape index (κ2) is 10.7. The molecular weight excluding hydrogens is 320 g/mol. The van der Waals surface area contributed by atoms with E-state index in [0.29, 0.717) is 37.1 Å². The molecule has 0 saturated heterocycles. The lowest BCUT2D eigenvalue weighted by Gasteiger charge is -2.21. The monoisotopic (exact) mass is 348 g/mol. The van der Waals surface area contributed by atoms with Gasteiger partial charge in [-0.2, -0.15) is 0 Å². The maximum atomic E-state index is 11.8. The first kappa shape index (κ1) is 19.2. The van der Waals surface area contributed by atoms with E-state index in [-0.39, 0.29) is 12.0 Å².